The van der Waals surface area contributed by atoms with E-state index in [4.69, 9.17) is 5.26 Å². The lowest BCUT2D eigenvalue weighted by Crippen LogP contribution is -1.86. The van der Waals surface area contributed by atoms with Crippen LogP contribution in [0.15, 0.2) is 45.9 Å². The Labute approximate surface area is 120 Å². The second kappa shape index (κ2) is 5.68. The van der Waals surface area contributed by atoms with Gasteiger partial charge >= 0.3 is 0 Å². The quantitative estimate of drug-likeness (QED) is 0.849. The van der Waals surface area contributed by atoms with Crippen molar-refractivity contribution in [3.63, 3.8) is 0 Å². The predicted molar refractivity (Wildman–Crippen MR) is 79.0 cm³/mol. The Morgan fingerprint density at radius 1 is 1.26 bits per heavy atom. The molecule has 0 radical (unpaired) electrons. The van der Waals surface area contributed by atoms with Crippen LogP contribution in [0.3, 0.4) is 0 Å². The third kappa shape index (κ3) is 3.21. The van der Waals surface area contributed by atoms with Gasteiger partial charge in [0.2, 0.25) is 0 Å². The molecule has 2 rings (SSSR count). The summed E-state index contributed by atoms with van der Waals surface area (Å²) in [5, 5.41) is 18.6. The molecule has 2 aromatic carbocycles. The van der Waals surface area contributed by atoms with Crippen molar-refractivity contribution in [3.8, 4) is 11.8 Å². The molecule has 3 nitrogen and oxygen atoms in total. The molecular weight excluding hydrogens is 304 g/mol. The number of aromatic hydroxyl groups is 1. The van der Waals surface area contributed by atoms with Crippen molar-refractivity contribution >= 4 is 27.8 Å². The van der Waals surface area contributed by atoms with Gasteiger partial charge in [0.15, 0.2) is 0 Å². The lowest BCUT2D eigenvalue weighted by Gasteiger charge is -2.03. The van der Waals surface area contributed by atoms with Gasteiger partial charge in [-0.05, 0) is 64.8 Å². The van der Waals surface area contributed by atoms with Gasteiger partial charge in [-0.3, -0.25) is 4.99 Å². The van der Waals surface area contributed by atoms with E-state index >= 15 is 0 Å². The van der Waals surface area contributed by atoms with E-state index in [0.29, 0.717) is 15.6 Å². The third-order valence-electron chi connectivity index (χ3n) is 2.59. The Morgan fingerprint density at radius 3 is 2.58 bits per heavy atom. The maximum atomic E-state index is 9.90. The first kappa shape index (κ1) is 13.3. The Morgan fingerprint density at radius 2 is 1.95 bits per heavy atom. The maximum absolute atomic E-state index is 9.90. The molecule has 0 atom stereocenters. The van der Waals surface area contributed by atoms with Crippen LogP contribution in [-0.2, 0) is 0 Å². The molecule has 0 aromatic heterocycles. The molecule has 0 bridgehead atoms. The summed E-state index contributed by atoms with van der Waals surface area (Å²) in [4.78, 5) is 4.28. The van der Waals surface area contributed by atoms with E-state index in [1.54, 1.807) is 30.5 Å². The molecule has 19 heavy (non-hydrogen) atoms. The van der Waals surface area contributed by atoms with Crippen molar-refractivity contribution < 1.29 is 5.11 Å². The predicted octanol–water partition coefficient (Wildman–Crippen LogP) is 4.09. The third-order valence-corrected chi connectivity index (χ3v) is 3.19. The van der Waals surface area contributed by atoms with Gasteiger partial charge in [0.05, 0.1) is 21.8 Å². The minimum atomic E-state index is 0.169. The molecule has 0 aliphatic rings. The van der Waals surface area contributed by atoms with Crippen molar-refractivity contribution in [3.05, 3.63) is 57.6 Å². The normalized spacial score (nSPS) is 10.6. The number of nitriles is 1. The van der Waals surface area contributed by atoms with Crippen LogP contribution in [-0.4, -0.2) is 11.3 Å². The second-order valence-corrected chi connectivity index (χ2v) is 4.96. The van der Waals surface area contributed by atoms with Crippen molar-refractivity contribution in [1.29, 1.82) is 5.26 Å². The average molecular weight is 315 g/mol. The zero-order chi connectivity index (χ0) is 13.8. The molecule has 0 fully saturated rings. The number of hydrogen-bond donors (Lipinski definition) is 1. The van der Waals surface area contributed by atoms with Crippen LogP contribution in [0.25, 0.3) is 0 Å². The van der Waals surface area contributed by atoms with Gasteiger partial charge in [0, 0.05) is 11.8 Å². The van der Waals surface area contributed by atoms with Crippen LogP contribution in [0, 0.1) is 18.3 Å². The molecule has 2 aromatic rings. The number of benzene rings is 2. The highest BCUT2D eigenvalue weighted by atomic mass is 79.9. The molecule has 0 unspecified atom stereocenters. The molecule has 0 spiro atoms. The van der Waals surface area contributed by atoms with Gasteiger partial charge in [-0.1, -0.05) is 0 Å². The first-order valence-electron chi connectivity index (χ1n) is 5.63. The SMILES string of the molecule is Cc1cc(Br)c(O)c(/C=N/c2ccc(C#N)cc2)c1. The van der Waals surface area contributed by atoms with Crippen molar-refractivity contribution in [1.82, 2.24) is 0 Å². The Balaban J connectivity index is 2.30. The van der Waals surface area contributed by atoms with Gasteiger partial charge in [0.1, 0.15) is 5.75 Å². The number of nitrogens with zero attached hydrogens (tertiary/aromatic N) is 2. The van der Waals surface area contributed by atoms with Crippen molar-refractivity contribution in [2.75, 3.05) is 0 Å². The Kier molecular flexibility index (Phi) is 3.98. The summed E-state index contributed by atoms with van der Waals surface area (Å²) in [7, 11) is 0. The van der Waals surface area contributed by atoms with Crippen LogP contribution < -0.4 is 0 Å². The van der Waals surface area contributed by atoms with Crippen LogP contribution in [0.4, 0.5) is 5.69 Å². The molecule has 0 saturated carbocycles. The topological polar surface area (TPSA) is 56.4 Å². The van der Waals surface area contributed by atoms with Gasteiger partial charge in [-0.25, -0.2) is 0 Å². The van der Waals surface area contributed by atoms with E-state index in [9.17, 15) is 5.11 Å². The number of aliphatic imine (C=N–C) groups is 1. The molecular formula is C15H11BrN2O. The summed E-state index contributed by atoms with van der Waals surface area (Å²) in [5.74, 6) is 0.169. The monoisotopic (exact) mass is 314 g/mol. The number of phenolic OH excluding ortho intramolecular Hbond substituents is 1. The highest BCUT2D eigenvalue weighted by molar-refractivity contribution is 9.10. The fourth-order valence-corrected chi connectivity index (χ4v) is 2.22. The smallest absolute Gasteiger partial charge is 0.138 e. The minimum absolute atomic E-state index is 0.169. The van der Waals surface area contributed by atoms with E-state index in [2.05, 4.69) is 27.0 Å². The lowest BCUT2D eigenvalue weighted by molar-refractivity contribution is 0.471. The van der Waals surface area contributed by atoms with Crippen LogP contribution in [0.1, 0.15) is 16.7 Å². The van der Waals surface area contributed by atoms with Crippen molar-refractivity contribution in [2.24, 2.45) is 4.99 Å². The first-order valence-corrected chi connectivity index (χ1v) is 6.43. The molecule has 4 heteroatoms. The number of rotatable bonds is 2. The fraction of sp³-hybridized carbons (Fsp3) is 0.0667. The number of hydrogen-bond acceptors (Lipinski definition) is 3. The molecule has 94 valence electrons. The maximum Gasteiger partial charge on any atom is 0.138 e. The van der Waals surface area contributed by atoms with Gasteiger partial charge in [-0.15, -0.1) is 0 Å². The van der Waals surface area contributed by atoms with Gasteiger partial charge < -0.3 is 5.11 Å². The zero-order valence-electron chi connectivity index (χ0n) is 10.3. The number of phenols is 1. The number of aryl methyl sites for hydroxylation is 1. The van der Waals surface area contributed by atoms with E-state index in [1.165, 1.54) is 0 Å². The van der Waals surface area contributed by atoms with Crippen LogP contribution in [0.5, 0.6) is 5.75 Å². The molecule has 0 saturated heterocycles. The molecule has 0 aliphatic carbocycles. The highest BCUT2D eigenvalue weighted by Gasteiger charge is 2.04. The highest BCUT2D eigenvalue weighted by Crippen LogP contribution is 2.28. The summed E-state index contributed by atoms with van der Waals surface area (Å²) in [6.45, 7) is 1.95. The second-order valence-electron chi connectivity index (χ2n) is 4.10. The van der Waals surface area contributed by atoms with Crippen molar-refractivity contribution in [2.45, 2.75) is 6.92 Å². The van der Waals surface area contributed by atoms with E-state index in [-0.39, 0.29) is 5.75 Å². The largest absolute Gasteiger partial charge is 0.506 e. The zero-order valence-corrected chi connectivity index (χ0v) is 11.8. The summed E-state index contributed by atoms with van der Waals surface area (Å²) in [5.41, 5.74) is 3.01. The minimum Gasteiger partial charge on any atom is -0.506 e. The number of halogens is 1. The molecule has 1 N–H and O–H groups in total. The Bertz CT molecular complexity index is 670. The summed E-state index contributed by atoms with van der Waals surface area (Å²) in [6.07, 6.45) is 1.61. The lowest BCUT2D eigenvalue weighted by atomic mass is 10.1. The van der Waals surface area contributed by atoms with Gasteiger partial charge in [-0.2, -0.15) is 5.26 Å². The van der Waals surface area contributed by atoms with E-state index in [1.807, 2.05) is 19.1 Å². The van der Waals surface area contributed by atoms with E-state index < -0.39 is 0 Å². The molecule has 0 aliphatic heterocycles. The summed E-state index contributed by atoms with van der Waals surface area (Å²) >= 11 is 3.29. The first-order chi connectivity index (χ1) is 9.10. The molecule has 0 heterocycles. The van der Waals surface area contributed by atoms with Gasteiger partial charge in [0.25, 0.3) is 0 Å². The van der Waals surface area contributed by atoms with Crippen LogP contribution >= 0.6 is 15.9 Å². The Hall–Kier alpha value is -2.12. The molecule has 0 amide bonds. The summed E-state index contributed by atoms with van der Waals surface area (Å²) in [6, 6.07) is 12.7. The van der Waals surface area contributed by atoms with E-state index in [0.717, 1.165) is 11.3 Å². The standard InChI is InChI=1S/C15H11BrN2O/c1-10-6-12(15(19)14(16)7-10)9-18-13-4-2-11(8-17)3-5-13/h2-7,9,19H,1H3/b18-9+. The van der Waals surface area contributed by atoms with Crippen LogP contribution in [0.2, 0.25) is 0 Å². The summed E-state index contributed by atoms with van der Waals surface area (Å²) < 4.78 is 0.647. The average Bonchev–Trinajstić information content (AvgIpc) is 2.41. The fourth-order valence-electron chi connectivity index (χ4n) is 1.63.